The Kier molecular flexibility index (Phi) is 3.08. The highest BCUT2D eigenvalue weighted by atomic mass is 79.9. The van der Waals surface area contributed by atoms with Crippen LogP contribution in [0.25, 0.3) is 0 Å². The van der Waals surface area contributed by atoms with Gasteiger partial charge in [-0.2, -0.15) is 0 Å². The van der Waals surface area contributed by atoms with Gasteiger partial charge in [-0.1, -0.05) is 0 Å². The minimum Gasteiger partial charge on any atom is -0.455 e. The Labute approximate surface area is 89.3 Å². The van der Waals surface area contributed by atoms with Crippen LogP contribution >= 0.6 is 27.3 Å². The molecule has 5 heteroatoms. The Bertz CT molecular complexity index is 316. The number of esters is 1. The molecule has 0 saturated carbocycles. The molecule has 0 aliphatic heterocycles. The van der Waals surface area contributed by atoms with Crippen molar-refractivity contribution < 1.29 is 9.53 Å². The van der Waals surface area contributed by atoms with Gasteiger partial charge < -0.3 is 4.74 Å². The molecule has 0 unspecified atom stereocenters. The summed E-state index contributed by atoms with van der Waals surface area (Å²) in [4.78, 5) is 15.3. The smallest absolute Gasteiger partial charge is 0.358 e. The molecule has 1 rings (SSSR count). The fourth-order valence-corrected chi connectivity index (χ4v) is 1.66. The zero-order chi connectivity index (χ0) is 10.1. The first-order valence-corrected chi connectivity index (χ1v) is 5.40. The van der Waals surface area contributed by atoms with Gasteiger partial charge in [0.15, 0.2) is 9.61 Å². The molecule has 0 atom stereocenters. The zero-order valence-electron chi connectivity index (χ0n) is 7.63. The lowest BCUT2D eigenvalue weighted by Gasteiger charge is -2.18. The first-order chi connectivity index (χ1) is 5.88. The molecule has 0 spiro atoms. The maximum absolute atomic E-state index is 11.4. The highest BCUT2D eigenvalue weighted by molar-refractivity contribution is 9.11. The number of aromatic nitrogens is 1. The Morgan fingerprint density at radius 2 is 2.23 bits per heavy atom. The number of carbonyl (C=O) groups is 1. The minimum atomic E-state index is -0.465. The normalized spacial score (nSPS) is 11.4. The van der Waals surface area contributed by atoms with Crippen LogP contribution in [0.4, 0.5) is 0 Å². The highest BCUT2D eigenvalue weighted by Gasteiger charge is 2.19. The number of carbonyl (C=O) groups excluding carboxylic acids is 1. The van der Waals surface area contributed by atoms with E-state index < -0.39 is 5.60 Å². The highest BCUT2D eigenvalue weighted by Crippen LogP contribution is 2.18. The average molecular weight is 264 g/mol. The van der Waals surface area contributed by atoms with E-state index >= 15 is 0 Å². The van der Waals surface area contributed by atoms with Gasteiger partial charge in [0.25, 0.3) is 0 Å². The molecule has 0 aromatic carbocycles. The number of hydrogen-bond donors (Lipinski definition) is 0. The molecule has 1 aromatic heterocycles. The van der Waals surface area contributed by atoms with Gasteiger partial charge in [-0.15, -0.1) is 11.3 Å². The summed E-state index contributed by atoms with van der Waals surface area (Å²) < 4.78 is 5.81. The SMILES string of the molecule is CC(C)(C)OC(=O)c1csc(Br)n1. The summed E-state index contributed by atoms with van der Waals surface area (Å²) in [6.45, 7) is 5.48. The fraction of sp³-hybridized carbons (Fsp3) is 0.500. The van der Waals surface area contributed by atoms with Crippen LogP contribution in [0.2, 0.25) is 0 Å². The van der Waals surface area contributed by atoms with Crippen molar-refractivity contribution in [3.05, 3.63) is 15.0 Å². The van der Waals surface area contributed by atoms with Crippen molar-refractivity contribution in [2.75, 3.05) is 0 Å². The van der Waals surface area contributed by atoms with Crippen LogP contribution in [0.1, 0.15) is 31.3 Å². The number of nitrogens with zero attached hydrogens (tertiary/aromatic N) is 1. The van der Waals surface area contributed by atoms with Gasteiger partial charge in [-0.05, 0) is 36.7 Å². The van der Waals surface area contributed by atoms with Crippen LogP contribution < -0.4 is 0 Å². The third kappa shape index (κ3) is 3.44. The van der Waals surface area contributed by atoms with Crippen LogP contribution in [-0.2, 0) is 4.74 Å². The van der Waals surface area contributed by atoms with Crippen molar-refractivity contribution in [2.24, 2.45) is 0 Å². The second kappa shape index (κ2) is 3.75. The van der Waals surface area contributed by atoms with E-state index in [1.165, 1.54) is 11.3 Å². The van der Waals surface area contributed by atoms with E-state index in [4.69, 9.17) is 4.74 Å². The lowest BCUT2D eigenvalue weighted by atomic mass is 10.2. The molecule has 1 heterocycles. The number of halogens is 1. The van der Waals surface area contributed by atoms with E-state index in [0.29, 0.717) is 9.61 Å². The summed E-state index contributed by atoms with van der Waals surface area (Å²) in [7, 11) is 0. The van der Waals surface area contributed by atoms with E-state index in [1.54, 1.807) is 5.38 Å². The predicted molar refractivity (Wildman–Crippen MR) is 55.0 cm³/mol. The average Bonchev–Trinajstić information content (AvgIpc) is 2.31. The third-order valence-electron chi connectivity index (χ3n) is 1.08. The van der Waals surface area contributed by atoms with Gasteiger partial charge in [-0.3, -0.25) is 0 Å². The molecule has 3 nitrogen and oxygen atoms in total. The fourth-order valence-electron chi connectivity index (χ4n) is 0.676. The number of thiazole rings is 1. The summed E-state index contributed by atoms with van der Waals surface area (Å²) in [5, 5.41) is 1.66. The maximum Gasteiger partial charge on any atom is 0.358 e. The molecule has 1 aromatic rings. The van der Waals surface area contributed by atoms with Gasteiger partial charge in [-0.25, -0.2) is 9.78 Å². The summed E-state index contributed by atoms with van der Waals surface area (Å²) in [6, 6.07) is 0. The monoisotopic (exact) mass is 263 g/mol. The molecular weight excluding hydrogens is 254 g/mol. The number of hydrogen-bond acceptors (Lipinski definition) is 4. The molecule has 0 aliphatic rings. The molecular formula is C8H10BrNO2S. The van der Waals surface area contributed by atoms with Gasteiger partial charge in [0, 0.05) is 5.38 Å². The van der Waals surface area contributed by atoms with Crippen molar-refractivity contribution in [1.82, 2.24) is 4.98 Å². The second-order valence-corrected chi connectivity index (χ2v) is 5.62. The van der Waals surface area contributed by atoms with E-state index in [2.05, 4.69) is 20.9 Å². The van der Waals surface area contributed by atoms with Crippen LogP contribution in [0.15, 0.2) is 9.30 Å². The van der Waals surface area contributed by atoms with E-state index in [0.717, 1.165) is 0 Å². The Balaban J connectivity index is 2.70. The third-order valence-corrected chi connectivity index (χ3v) is 2.45. The molecule has 13 heavy (non-hydrogen) atoms. The molecule has 0 bridgehead atoms. The van der Waals surface area contributed by atoms with Crippen molar-refractivity contribution in [2.45, 2.75) is 26.4 Å². The van der Waals surface area contributed by atoms with E-state index in [9.17, 15) is 4.79 Å². The molecule has 72 valence electrons. The second-order valence-electron chi connectivity index (χ2n) is 3.49. The molecule has 0 amide bonds. The standard InChI is InChI=1S/C8H10BrNO2S/c1-8(2,3)12-6(11)5-4-13-7(9)10-5/h4H,1-3H3. The molecule has 0 N–H and O–H groups in total. The van der Waals surface area contributed by atoms with Gasteiger partial charge in [0.05, 0.1) is 0 Å². The summed E-state index contributed by atoms with van der Waals surface area (Å²) in [5.41, 5.74) is -0.112. The summed E-state index contributed by atoms with van der Waals surface area (Å²) >= 11 is 4.54. The molecule has 0 saturated heterocycles. The molecule has 0 radical (unpaired) electrons. The van der Waals surface area contributed by atoms with Gasteiger partial charge in [0.2, 0.25) is 0 Å². The quantitative estimate of drug-likeness (QED) is 0.732. The van der Waals surface area contributed by atoms with E-state index in [-0.39, 0.29) is 5.97 Å². The summed E-state index contributed by atoms with van der Waals surface area (Å²) in [6.07, 6.45) is 0. The van der Waals surface area contributed by atoms with Gasteiger partial charge in [0.1, 0.15) is 5.60 Å². The maximum atomic E-state index is 11.4. The minimum absolute atomic E-state index is 0.354. The Morgan fingerprint density at radius 1 is 1.62 bits per heavy atom. The van der Waals surface area contributed by atoms with Crippen molar-refractivity contribution >= 4 is 33.2 Å². The molecule has 0 aliphatic carbocycles. The summed E-state index contributed by atoms with van der Waals surface area (Å²) in [5.74, 6) is -0.380. The zero-order valence-corrected chi connectivity index (χ0v) is 10.0. The van der Waals surface area contributed by atoms with Crippen LogP contribution in [0.5, 0.6) is 0 Å². The van der Waals surface area contributed by atoms with Crippen LogP contribution in [0.3, 0.4) is 0 Å². The van der Waals surface area contributed by atoms with Crippen molar-refractivity contribution in [3.63, 3.8) is 0 Å². The molecule has 0 fully saturated rings. The Hall–Kier alpha value is -0.420. The van der Waals surface area contributed by atoms with Gasteiger partial charge >= 0.3 is 5.97 Å². The Morgan fingerprint density at radius 3 is 2.62 bits per heavy atom. The first kappa shape index (κ1) is 10.7. The van der Waals surface area contributed by atoms with Crippen LogP contribution in [0, 0.1) is 0 Å². The largest absolute Gasteiger partial charge is 0.455 e. The number of ether oxygens (including phenoxy) is 1. The topological polar surface area (TPSA) is 39.2 Å². The first-order valence-electron chi connectivity index (χ1n) is 3.73. The lowest BCUT2D eigenvalue weighted by molar-refractivity contribution is 0.00636. The predicted octanol–water partition coefficient (Wildman–Crippen LogP) is 2.86. The van der Waals surface area contributed by atoms with Crippen LogP contribution in [-0.4, -0.2) is 16.6 Å². The number of rotatable bonds is 1. The van der Waals surface area contributed by atoms with Crippen molar-refractivity contribution in [3.8, 4) is 0 Å². The lowest BCUT2D eigenvalue weighted by Crippen LogP contribution is -2.24. The van der Waals surface area contributed by atoms with E-state index in [1.807, 2.05) is 20.8 Å². The van der Waals surface area contributed by atoms with Crippen molar-refractivity contribution in [1.29, 1.82) is 0 Å².